The number of unbranched alkanes of at least 4 members (excludes halogenated alkanes) is 5. The molecule has 0 fully saturated rings. The van der Waals surface area contributed by atoms with Crippen LogP contribution in [0.2, 0.25) is 0 Å². The van der Waals surface area contributed by atoms with Crippen molar-refractivity contribution in [2.24, 2.45) is 0 Å². The number of nitrogens with one attached hydrogen (secondary N) is 1. The van der Waals surface area contributed by atoms with Gasteiger partial charge in [0.1, 0.15) is 0 Å². The summed E-state index contributed by atoms with van der Waals surface area (Å²) in [6.07, 6.45) is 14.6. The zero-order valence-electron chi connectivity index (χ0n) is 12.4. The van der Waals surface area contributed by atoms with E-state index in [0.717, 1.165) is 13.1 Å². The van der Waals surface area contributed by atoms with E-state index in [1.807, 2.05) is 0 Å². The third-order valence-electron chi connectivity index (χ3n) is 3.17. The van der Waals surface area contributed by atoms with E-state index in [0.29, 0.717) is 0 Å². The molecule has 0 amide bonds. The van der Waals surface area contributed by atoms with Crippen molar-refractivity contribution < 1.29 is 0 Å². The summed E-state index contributed by atoms with van der Waals surface area (Å²) in [6.45, 7) is 9.07. The van der Waals surface area contributed by atoms with Gasteiger partial charge in [-0.3, -0.25) is 0 Å². The topological polar surface area (TPSA) is 12.0 Å². The molecule has 0 aromatic rings. The lowest BCUT2D eigenvalue weighted by Crippen LogP contribution is -2.15. The molecule has 0 atom stereocenters. The smallest absolute Gasteiger partial charge is 0.00142 e. The van der Waals surface area contributed by atoms with Gasteiger partial charge in [0, 0.05) is 0 Å². The fraction of sp³-hybridized carbons (Fsp3) is 0.875. The van der Waals surface area contributed by atoms with E-state index >= 15 is 0 Å². The van der Waals surface area contributed by atoms with Crippen molar-refractivity contribution in [3.8, 4) is 0 Å². The Hall–Kier alpha value is -0.300. The summed E-state index contributed by atoms with van der Waals surface area (Å²) in [5.41, 5.74) is 1.58. The molecule has 0 radical (unpaired) electrons. The van der Waals surface area contributed by atoms with E-state index in [2.05, 4.69) is 32.2 Å². The van der Waals surface area contributed by atoms with E-state index < -0.39 is 0 Å². The Morgan fingerprint density at radius 2 is 1.59 bits per heavy atom. The minimum Gasteiger partial charge on any atom is -0.316 e. The summed E-state index contributed by atoms with van der Waals surface area (Å²) < 4.78 is 0. The number of rotatable bonds is 12. The zero-order chi connectivity index (χ0) is 12.8. The van der Waals surface area contributed by atoms with Gasteiger partial charge in [-0.2, -0.15) is 0 Å². The summed E-state index contributed by atoms with van der Waals surface area (Å²) in [5.74, 6) is 0. The third-order valence-corrected chi connectivity index (χ3v) is 3.17. The Bertz CT molecular complexity index is 172. The molecule has 1 heteroatoms. The molecule has 0 aliphatic carbocycles. The van der Waals surface area contributed by atoms with Crippen molar-refractivity contribution in [3.05, 3.63) is 11.6 Å². The molecule has 0 saturated carbocycles. The molecule has 0 saturated heterocycles. The van der Waals surface area contributed by atoms with Crippen molar-refractivity contribution in [2.75, 3.05) is 13.1 Å². The lowest BCUT2D eigenvalue weighted by atomic mass is 10.1. The average molecular weight is 239 g/mol. The van der Waals surface area contributed by atoms with E-state index in [4.69, 9.17) is 0 Å². The highest BCUT2D eigenvalue weighted by Gasteiger charge is 1.92. The van der Waals surface area contributed by atoms with E-state index in [1.165, 1.54) is 57.8 Å². The Balaban J connectivity index is 3.26. The van der Waals surface area contributed by atoms with Crippen molar-refractivity contribution in [2.45, 2.75) is 78.6 Å². The average Bonchev–Trinajstić information content (AvgIpc) is 2.33. The van der Waals surface area contributed by atoms with Crippen LogP contribution in [0.3, 0.4) is 0 Å². The van der Waals surface area contributed by atoms with Gasteiger partial charge in [-0.25, -0.2) is 0 Å². The van der Waals surface area contributed by atoms with Crippen molar-refractivity contribution in [1.29, 1.82) is 0 Å². The van der Waals surface area contributed by atoms with Gasteiger partial charge in [-0.15, -0.1) is 0 Å². The van der Waals surface area contributed by atoms with Gasteiger partial charge in [-0.05, 0) is 45.7 Å². The fourth-order valence-electron chi connectivity index (χ4n) is 2.01. The van der Waals surface area contributed by atoms with Crippen LogP contribution < -0.4 is 5.32 Å². The maximum Gasteiger partial charge on any atom is -0.00142 e. The molecule has 0 aromatic heterocycles. The van der Waals surface area contributed by atoms with Crippen LogP contribution in [0.25, 0.3) is 0 Å². The first-order chi connectivity index (χ1) is 8.31. The highest BCUT2D eigenvalue weighted by atomic mass is 14.8. The normalized spacial score (nSPS) is 12.1. The van der Waals surface area contributed by atoms with Crippen molar-refractivity contribution in [3.63, 3.8) is 0 Å². The molecule has 0 spiro atoms. The Kier molecular flexibility index (Phi) is 13.5. The molecule has 0 rings (SSSR count). The maximum atomic E-state index is 3.44. The van der Waals surface area contributed by atoms with Gasteiger partial charge in [0.25, 0.3) is 0 Å². The fourth-order valence-corrected chi connectivity index (χ4v) is 2.01. The Labute approximate surface area is 109 Å². The molecule has 0 aliphatic rings. The van der Waals surface area contributed by atoms with Crippen LogP contribution in [0.4, 0.5) is 0 Å². The highest BCUT2D eigenvalue weighted by molar-refractivity contribution is 4.97. The van der Waals surface area contributed by atoms with E-state index in [-0.39, 0.29) is 0 Å². The predicted molar refractivity (Wildman–Crippen MR) is 79.5 cm³/mol. The first-order valence-corrected chi connectivity index (χ1v) is 7.67. The minimum atomic E-state index is 1.14. The molecule has 102 valence electrons. The lowest BCUT2D eigenvalue weighted by molar-refractivity contribution is 0.605. The highest BCUT2D eigenvalue weighted by Crippen LogP contribution is 2.11. The third kappa shape index (κ3) is 13.6. The van der Waals surface area contributed by atoms with Crippen LogP contribution in [0.15, 0.2) is 11.6 Å². The second-order valence-corrected chi connectivity index (χ2v) is 5.11. The molecule has 1 N–H and O–H groups in total. The molecule has 0 heterocycles. The predicted octanol–water partition coefficient (Wildman–Crippen LogP) is 5.07. The Morgan fingerprint density at radius 1 is 0.882 bits per heavy atom. The summed E-state index contributed by atoms with van der Waals surface area (Å²) in [4.78, 5) is 0. The van der Waals surface area contributed by atoms with E-state index in [1.54, 1.807) is 5.57 Å². The summed E-state index contributed by atoms with van der Waals surface area (Å²) >= 11 is 0. The van der Waals surface area contributed by atoms with Crippen molar-refractivity contribution >= 4 is 0 Å². The van der Waals surface area contributed by atoms with Crippen LogP contribution >= 0.6 is 0 Å². The number of allylic oxidation sites excluding steroid dienone is 1. The summed E-state index contributed by atoms with van der Waals surface area (Å²) in [7, 11) is 0. The second-order valence-electron chi connectivity index (χ2n) is 5.11. The number of hydrogen-bond donors (Lipinski definition) is 1. The largest absolute Gasteiger partial charge is 0.316 e. The summed E-state index contributed by atoms with van der Waals surface area (Å²) in [5, 5.41) is 3.44. The molecular weight excluding hydrogens is 206 g/mol. The van der Waals surface area contributed by atoms with Crippen LogP contribution in [0.1, 0.15) is 78.6 Å². The van der Waals surface area contributed by atoms with Gasteiger partial charge in [0.15, 0.2) is 0 Å². The quantitative estimate of drug-likeness (QED) is 0.370. The molecule has 0 aromatic carbocycles. The van der Waals surface area contributed by atoms with Crippen LogP contribution in [-0.2, 0) is 0 Å². The standard InChI is InChI=1S/C16H33N/c1-4-6-7-8-9-10-12-16(3)13-11-15-17-14-5-2/h13,17H,4-12,14-15H2,1-3H3. The van der Waals surface area contributed by atoms with Crippen LogP contribution in [-0.4, -0.2) is 13.1 Å². The van der Waals surface area contributed by atoms with Crippen LogP contribution in [0.5, 0.6) is 0 Å². The van der Waals surface area contributed by atoms with Gasteiger partial charge in [0.2, 0.25) is 0 Å². The summed E-state index contributed by atoms with van der Waals surface area (Å²) in [6, 6.07) is 0. The zero-order valence-corrected chi connectivity index (χ0v) is 12.4. The van der Waals surface area contributed by atoms with Gasteiger partial charge >= 0.3 is 0 Å². The monoisotopic (exact) mass is 239 g/mol. The van der Waals surface area contributed by atoms with Crippen LogP contribution in [0, 0.1) is 0 Å². The molecule has 0 bridgehead atoms. The molecule has 17 heavy (non-hydrogen) atoms. The van der Waals surface area contributed by atoms with Crippen molar-refractivity contribution in [1.82, 2.24) is 5.32 Å². The Morgan fingerprint density at radius 3 is 2.29 bits per heavy atom. The first-order valence-electron chi connectivity index (χ1n) is 7.67. The van der Waals surface area contributed by atoms with Gasteiger partial charge in [0.05, 0.1) is 0 Å². The van der Waals surface area contributed by atoms with E-state index in [9.17, 15) is 0 Å². The minimum absolute atomic E-state index is 1.14. The molecule has 1 nitrogen and oxygen atoms in total. The van der Waals surface area contributed by atoms with Gasteiger partial charge in [-0.1, -0.05) is 57.6 Å². The SMILES string of the molecule is CCCCCCCCC(C)=CCCNCCC. The van der Waals surface area contributed by atoms with Gasteiger partial charge < -0.3 is 5.32 Å². The number of hydrogen-bond acceptors (Lipinski definition) is 1. The molecule has 0 unspecified atom stereocenters. The molecular formula is C16H33N. The lowest BCUT2D eigenvalue weighted by Gasteiger charge is -2.03. The molecule has 0 aliphatic heterocycles. The first kappa shape index (κ1) is 16.7. The second kappa shape index (κ2) is 13.8. The maximum absolute atomic E-state index is 3.44.